The van der Waals surface area contributed by atoms with Crippen LogP contribution in [-0.2, 0) is 14.3 Å². The highest BCUT2D eigenvalue weighted by molar-refractivity contribution is 5.86. The van der Waals surface area contributed by atoms with Crippen molar-refractivity contribution in [1.29, 1.82) is 0 Å². The molecule has 0 bridgehead atoms. The molecule has 1 aliphatic rings. The van der Waals surface area contributed by atoms with E-state index in [9.17, 15) is 9.59 Å². The van der Waals surface area contributed by atoms with E-state index in [-0.39, 0.29) is 5.91 Å². The average Bonchev–Trinajstić information content (AvgIpc) is 2.43. The predicted octanol–water partition coefficient (Wildman–Crippen LogP) is 0.246. The molecule has 0 saturated carbocycles. The van der Waals surface area contributed by atoms with E-state index < -0.39 is 5.97 Å². The Hall–Kier alpha value is -1.40. The number of aliphatic carboxylic acids is 1. The first kappa shape index (κ1) is 15.7. The lowest BCUT2D eigenvalue weighted by Gasteiger charge is -2.26. The Morgan fingerprint density at radius 1 is 1.37 bits per heavy atom. The molecule has 1 fully saturated rings. The number of amides is 1. The maximum absolute atomic E-state index is 11.8. The highest BCUT2D eigenvalue weighted by Crippen LogP contribution is 2.00. The second-order valence-electron chi connectivity index (χ2n) is 4.34. The molecule has 1 heterocycles. The lowest BCUT2D eigenvalue weighted by atomic mass is 10.2. The van der Waals surface area contributed by atoms with E-state index in [1.165, 1.54) is 0 Å². The molecule has 0 aliphatic carbocycles. The zero-order valence-electron chi connectivity index (χ0n) is 11.4. The molecule has 0 aromatic rings. The normalized spacial score (nSPS) is 16.5. The number of carbonyl (C=O) groups excluding carboxylic acids is 1. The maximum Gasteiger partial charge on any atom is 0.331 e. The Bertz CT molecular complexity index is 336. The Morgan fingerprint density at radius 2 is 2.05 bits per heavy atom. The van der Waals surface area contributed by atoms with Crippen LogP contribution in [0.2, 0.25) is 0 Å². The van der Waals surface area contributed by atoms with Crippen molar-refractivity contribution in [3.8, 4) is 0 Å². The molecule has 19 heavy (non-hydrogen) atoms. The van der Waals surface area contributed by atoms with Gasteiger partial charge in [-0.3, -0.25) is 4.79 Å². The Kier molecular flexibility index (Phi) is 7.14. The van der Waals surface area contributed by atoms with Crippen molar-refractivity contribution in [3.63, 3.8) is 0 Å². The second kappa shape index (κ2) is 8.66. The summed E-state index contributed by atoms with van der Waals surface area (Å²) in [5.74, 6) is -0.762. The largest absolute Gasteiger partial charge is 0.478 e. The van der Waals surface area contributed by atoms with E-state index in [0.29, 0.717) is 57.8 Å². The van der Waals surface area contributed by atoms with Gasteiger partial charge in [0.15, 0.2) is 0 Å². The lowest BCUT2D eigenvalue weighted by Crippen LogP contribution is -2.41. The molecule has 1 amide bonds. The minimum atomic E-state index is -0.881. The van der Waals surface area contributed by atoms with E-state index >= 15 is 0 Å². The van der Waals surface area contributed by atoms with Gasteiger partial charge in [0.25, 0.3) is 0 Å². The van der Waals surface area contributed by atoms with E-state index in [1.54, 1.807) is 11.0 Å². The summed E-state index contributed by atoms with van der Waals surface area (Å²) in [6.45, 7) is 5.40. The second-order valence-corrected chi connectivity index (χ2v) is 4.34. The van der Waals surface area contributed by atoms with Crippen LogP contribution in [0.4, 0.5) is 0 Å². The number of nitrogens with one attached hydrogen (secondary N) is 1. The predicted molar refractivity (Wildman–Crippen MR) is 70.9 cm³/mol. The van der Waals surface area contributed by atoms with Gasteiger partial charge < -0.3 is 20.1 Å². The molecule has 2 N–H and O–H groups in total. The van der Waals surface area contributed by atoms with Crippen LogP contribution in [0.5, 0.6) is 0 Å². The highest BCUT2D eigenvalue weighted by atomic mass is 16.5. The first-order valence-electron chi connectivity index (χ1n) is 6.63. The Balaban J connectivity index is 2.16. The van der Waals surface area contributed by atoms with Crippen LogP contribution in [0.15, 0.2) is 11.6 Å². The van der Waals surface area contributed by atoms with E-state index in [0.717, 1.165) is 0 Å². The molecule has 0 aromatic heterocycles. The number of carbonyl (C=O) groups is 2. The van der Waals surface area contributed by atoms with Gasteiger partial charge in [-0.15, -0.1) is 0 Å². The van der Waals surface area contributed by atoms with E-state index in [4.69, 9.17) is 9.84 Å². The minimum Gasteiger partial charge on any atom is -0.478 e. The van der Waals surface area contributed by atoms with Crippen LogP contribution in [0.25, 0.3) is 0 Å². The number of nitrogens with zero attached hydrogens (tertiary/aromatic N) is 1. The summed E-state index contributed by atoms with van der Waals surface area (Å²) < 4.78 is 5.18. The highest BCUT2D eigenvalue weighted by Gasteiger charge is 2.15. The van der Waals surface area contributed by atoms with Crippen LogP contribution in [0.3, 0.4) is 0 Å². The smallest absolute Gasteiger partial charge is 0.331 e. The van der Waals surface area contributed by atoms with Gasteiger partial charge in [-0.1, -0.05) is 13.0 Å². The Morgan fingerprint density at radius 3 is 2.63 bits per heavy atom. The van der Waals surface area contributed by atoms with Gasteiger partial charge in [0.1, 0.15) is 0 Å². The summed E-state index contributed by atoms with van der Waals surface area (Å²) in [6.07, 6.45) is 2.59. The molecule has 0 radical (unpaired) electrons. The van der Waals surface area contributed by atoms with Crippen molar-refractivity contribution in [1.82, 2.24) is 10.2 Å². The first-order chi connectivity index (χ1) is 9.15. The molecule has 0 aromatic carbocycles. The summed E-state index contributed by atoms with van der Waals surface area (Å²) in [4.78, 5) is 24.3. The third-order valence-corrected chi connectivity index (χ3v) is 3.03. The quantitative estimate of drug-likeness (QED) is 0.512. The van der Waals surface area contributed by atoms with Gasteiger partial charge in [-0.25, -0.2) is 4.79 Å². The SMILES string of the molecule is CCC(=CCNCCC(=O)N1CCOCC1)C(=O)O. The fourth-order valence-corrected chi connectivity index (χ4v) is 1.85. The van der Waals surface area contributed by atoms with Crippen molar-refractivity contribution in [2.45, 2.75) is 19.8 Å². The molecule has 1 aliphatic heterocycles. The summed E-state index contributed by atoms with van der Waals surface area (Å²) in [6, 6.07) is 0. The molecule has 0 unspecified atom stereocenters. The van der Waals surface area contributed by atoms with Gasteiger partial charge in [-0.2, -0.15) is 0 Å². The van der Waals surface area contributed by atoms with Crippen molar-refractivity contribution in [3.05, 3.63) is 11.6 Å². The van der Waals surface area contributed by atoms with Crippen LogP contribution in [0, 0.1) is 0 Å². The van der Waals surface area contributed by atoms with Crippen molar-refractivity contribution in [2.24, 2.45) is 0 Å². The number of rotatable bonds is 7. The van der Waals surface area contributed by atoms with Gasteiger partial charge in [0.05, 0.1) is 13.2 Å². The average molecular weight is 270 g/mol. The van der Waals surface area contributed by atoms with Crippen LogP contribution in [-0.4, -0.2) is 61.3 Å². The molecular weight excluding hydrogens is 248 g/mol. The third-order valence-electron chi connectivity index (χ3n) is 3.03. The van der Waals surface area contributed by atoms with E-state index in [1.807, 2.05) is 6.92 Å². The molecule has 1 rings (SSSR count). The molecular formula is C13H22N2O4. The minimum absolute atomic E-state index is 0.119. The van der Waals surface area contributed by atoms with Crippen molar-refractivity contribution in [2.75, 3.05) is 39.4 Å². The van der Waals surface area contributed by atoms with Gasteiger partial charge in [0, 0.05) is 38.2 Å². The van der Waals surface area contributed by atoms with Gasteiger partial charge in [-0.05, 0) is 6.42 Å². The fraction of sp³-hybridized carbons (Fsp3) is 0.692. The number of carboxylic acid groups (broad SMARTS) is 1. The maximum atomic E-state index is 11.8. The fourth-order valence-electron chi connectivity index (χ4n) is 1.85. The first-order valence-corrected chi connectivity index (χ1v) is 6.63. The van der Waals surface area contributed by atoms with Crippen LogP contribution >= 0.6 is 0 Å². The standard InChI is InChI=1S/C13H22N2O4/c1-2-11(13(17)18)3-5-14-6-4-12(16)15-7-9-19-10-8-15/h3,14H,2,4-10H2,1H3,(H,17,18). The zero-order chi connectivity index (χ0) is 14.1. The molecule has 0 spiro atoms. The molecule has 1 saturated heterocycles. The number of hydrogen-bond acceptors (Lipinski definition) is 4. The number of morpholine rings is 1. The van der Waals surface area contributed by atoms with Crippen LogP contribution in [0.1, 0.15) is 19.8 Å². The molecule has 0 atom stereocenters. The third kappa shape index (κ3) is 5.85. The van der Waals surface area contributed by atoms with Crippen molar-refractivity contribution >= 4 is 11.9 Å². The number of hydrogen-bond donors (Lipinski definition) is 2. The van der Waals surface area contributed by atoms with Gasteiger partial charge >= 0.3 is 5.97 Å². The zero-order valence-corrected chi connectivity index (χ0v) is 11.4. The lowest BCUT2D eigenvalue weighted by molar-refractivity contribution is -0.135. The topological polar surface area (TPSA) is 78.9 Å². The summed E-state index contributed by atoms with van der Waals surface area (Å²) in [7, 11) is 0. The van der Waals surface area contributed by atoms with Crippen LogP contribution < -0.4 is 5.32 Å². The number of ether oxygens (including phenoxy) is 1. The summed E-state index contributed by atoms with van der Waals surface area (Å²) in [5.41, 5.74) is 0.395. The molecule has 6 heteroatoms. The Labute approximate surface area is 113 Å². The summed E-state index contributed by atoms with van der Waals surface area (Å²) >= 11 is 0. The van der Waals surface area contributed by atoms with Crippen molar-refractivity contribution < 1.29 is 19.4 Å². The van der Waals surface area contributed by atoms with Gasteiger partial charge in [0.2, 0.25) is 5.91 Å². The number of carboxylic acids is 1. The monoisotopic (exact) mass is 270 g/mol. The molecule has 108 valence electrons. The summed E-state index contributed by atoms with van der Waals surface area (Å²) in [5, 5.41) is 11.9. The molecule has 6 nitrogen and oxygen atoms in total. The van der Waals surface area contributed by atoms with E-state index in [2.05, 4.69) is 5.32 Å².